The molecule has 0 bridgehead atoms. The number of benzene rings is 1. The molecule has 0 aliphatic rings. The van der Waals surface area contributed by atoms with E-state index >= 15 is 0 Å². The lowest BCUT2D eigenvalue weighted by Crippen LogP contribution is -2.39. The number of nitrogens with zero attached hydrogens (tertiary/aromatic N) is 1. The molecule has 1 aromatic carbocycles. The molecule has 0 saturated carbocycles. The maximum atomic E-state index is 13.5. The Bertz CT molecular complexity index is 517. The first-order valence-electron chi connectivity index (χ1n) is 7.53. The highest BCUT2D eigenvalue weighted by atomic mass is 19.1. The molecule has 0 aliphatic carbocycles. The second-order valence-corrected chi connectivity index (χ2v) is 5.04. The quantitative estimate of drug-likeness (QED) is 0.531. The van der Waals surface area contributed by atoms with Crippen LogP contribution in [-0.2, 0) is 11.3 Å². The topological polar surface area (TPSA) is 65.5 Å². The number of halogens is 1. The van der Waals surface area contributed by atoms with Gasteiger partial charge in [0, 0.05) is 33.1 Å². The lowest BCUT2D eigenvalue weighted by atomic mass is 10.1. The molecule has 6 heteroatoms. The molecule has 0 saturated heterocycles. The molecule has 122 valence electrons. The number of carbonyl (C=O) groups is 1. The van der Waals surface area contributed by atoms with Crippen molar-refractivity contribution in [1.29, 1.82) is 0 Å². The van der Waals surface area contributed by atoms with Crippen molar-refractivity contribution >= 4 is 11.9 Å². The van der Waals surface area contributed by atoms with Crippen LogP contribution in [0.2, 0.25) is 0 Å². The van der Waals surface area contributed by atoms with Gasteiger partial charge in [0.2, 0.25) is 5.91 Å². The number of rotatable bonds is 7. The summed E-state index contributed by atoms with van der Waals surface area (Å²) in [4.78, 5) is 15.5. The molecule has 0 unspecified atom stereocenters. The van der Waals surface area contributed by atoms with Gasteiger partial charge in [-0.2, -0.15) is 0 Å². The number of aliphatic imine (C=N–C) groups is 1. The molecule has 1 aromatic rings. The highest BCUT2D eigenvalue weighted by Crippen LogP contribution is 2.08. The van der Waals surface area contributed by atoms with Gasteiger partial charge in [-0.25, -0.2) is 4.39 Å². The number of carbonyl (C=O) groups excluding carboxylic acids is 1. The lowest BCUT2D eigenvalue weighted by molar-refractivity contribution is -0.120. The third-order valence-electron chi connectivity index (χ3n) is 3.14. The van der Waals surface area contributed by atoms with Crippen molar-refractivity contribution in [3.8, 4) is 0 Å². The Morgan fingerprint density at radius 3 is 2.64 bits per heavy atom. The number of amides is 1. The van der Waals surface area contributed by atoms with Gasteiger partial charge in [-0.1, -0.05) is 19.1 Å². The van der Waals surface area contributed by atoms with Gasteiger partial charge < -0.3 is 16.0 Å². The standard InChI is InChI=1S/C16H25FN4O/c1-4-8-19-15(22)7-9-20-16(18-3)21-11-13-6-5-12(2)14(17)10-13/h5-6,10H,4,7-9,11H2,1-3H3,(H,19,22)(H2,18,20,21). The van der Waals surface area contributed by atoms with E-state index in [-0.39, 0.29) is 11.7 Å². The number of hydrogen-bond acceptors (Lipinski definition) is 2. The van der Waals surface area contributed by atoms with Crippen molar-refractivity contribution < 1.29 is 9.18 Å². The molecule has 0 spiro atoms. The minimum atomic E-state index is -0.213. The highest BCUT2D eigenvalue weighted by molar-refractivity contribution is 5.81. The fraction of sp³-hybridized carbons (Fsp3) is 0.500. The Morgan fingerprint density at radius 1 is 1.23 bits per heavy atom. The molecule has 0 heterocycles. The Hall–Kier alpha value is -2.11. The normalized spacial score (nSPS) is 11.2. The third kappa shape index (κ3) is 6.56. The van der Waals surface area contributed by atoms with Crippen molar-refractivity contribution in [2.75, 3.05) is 20.1 Å². The first-order valence-corrected chi connectivity index (χ1v) is 7.53. The zero-order valence-corrected chi connectivity index (χ0v) is 13.5. The van der Waals surface area contributed by atoms with Crippen molar-refractivity contribution in [2.24, 2.45) is 4.99 Å². The summed E-state index contributed by atoms with van der Waals surface area (Å²) in [5.74, 6) is 0.393. The fourth-order valence-corrected chi connectivity index (χ4v) is 1.80. The molecule has 1 rings (SSSR count). The second-order valence-electron chi connectivity index (χ2n) is 5.04. The third-order valence-corrected chi connectivity index (χ3v) is 3.14. The zero-order chi connectivity index (χ0) is 16.4. The summed E-state index contributed by atoms with van der Waals surface area (Å²) in [7, 11) is 1.65. The van der Waals surface area contributed by atoms with E-state index in [1.54, 1.807) is 20.0 Å². The fourth-order valence-electron chi connectivity index (χ4n) is 1.80. The van der Waals surface area contributed by atoms with E-state index in [4.69, 9.17) is 0 Å². The summed E-state index contributed by atoms with van der Waals surface area (Å²) in [6.45, 7) is 5.41. The van der Waals surface area contributed by atoms with Crippen molar-refractivity contribution in [1.82, 2.24) is 16.0 Å². The summed E-state index contributed by atoms with van der Waals surface area (Å²) in [6.07, 6.45) is 1.31. The van der Waals surface area contributed by atoms with Gasteiger partial charge >= 0.3 is 0 Å². The monoisotopic (exact) mass is 308 g/mol. The predicted octanol–water partition coefficient (Wildman–Crippen LogP) is 1.72. The second kappa shape index (κ2) is 9.76. The van der Waals surface area contributed by atoms with Gasteiger partial charge in [-0.3, -0.25) is 9.79 Å². The number of aryl methyl sites for hydroxylation is 1. The molecular weight excluding hydrogens is 283 g/mol. The summed E-state index contributed by atoms with van der Waals surface area (Å²) in [6, 6.07) is 5.13. The lowest BCUT2D eigenvalue weighted by Gasteiger charge is -2.12. The predicted molar refractivity (Wildman–Crippen MR) is 87.3 cm³/mol. The van der Waals surface area contributed by atoms with Crippen molar-refractivity contribution in [3.05, 3.63) is 35.1 Å². The molecule has 0 aliphatic heterocycles. The SMILES string of the molecule is CCCNC(=O)CCNC(=NC)NCc1ccc(C)c(F)c1. The van der Waals surface area contributed by atoms with Crippen LogP contribution in [0.4, 0.5) is 4.39 Å². The number of guanidine groups is 1. The maximum Gasteiger partial charge on any atom is 0.221 e. The van der Waals surface area contributed by atoms with Gasteiger partial charge in [-0.05, 0) is 30.5 Å². The Labute approximate surface area is 131 Å². The van der Waals surface area contributed by atoms with Crippen LogP contribution in [-0.4, -0.2) is 32.0 Å². The van der Waals surface area contributed by atoms with Crippen LogP contribution >= 0.6 is 0 Å². The zero-order valence-electron chi connectivity index (χ0n) is 13.5. The van der Waals surface area contributed by atoms with Crippen LogP contribution < -0.4 is 16.0 Å². The molecule has 22 heavy (non-hydrogen) atoms. The summed E-state index contributed by atoms with van der Waals surface area (Å²) in [5.41, 5.74) is 1.47. The van der Waals surface area contributed by atoms with Gasteiger partial charge in [0.1, 0.15) is 5.82 Å². The molecule has 0 aromatic heterocycles. The van der Waals surface area contributed by atoms with E-state index in [1.807, 2.05) is 13.0 Å². The minimum Gasteiger partial charge on any atom is -0.356 e. The smallest absolute Gasteiger partial charge is 0.221 e. The van der Waals surface area contributed by atoms with E-state index in [9.17, 15) is 9.18 Å². The number of nitrogens with one attached hydrogen (secondary N) is 3. The molecule has 0 radical (unpaired) electrons. The van der Waals surface area contributed by atoms with Crippen LogP contribution in [0.15, 0.2) is 23.2 Å². The summed E-state index contributed by atoms with van der Waals surface area (Å²) in [5, 5.41) is 8.96. The van der Waals surface area contributed by atoms with Crippen molar-refractivity contribution in [3.63, 3.8) is 0 Å². The van der Waals surface area contributed by atoms with Crippen LogP contribution in [0.1, 0.15) is 30.9 Å². The van der Waals surface area contributed by atoms with E-state index in [0.29, 0.717) is 37.6 Å². The number of hydrogen-bond donors (Lipinski definition) is 3. The van der Waals surface area contributed by atoms with Crippen LogP contribution in [0, 0.1) is 12.7 Å². The van der Waals surface area contributed by atoms with Crippen molar-refractivity contribution in [2.45, 2.75) is 33.2 Å². The summed E-state index contributed by atoms with van der Waals surface area (Å²) >= 11 is 0. The Kier molecular flexibility index (Phi) is 7.96. The van der Waals surface area contributed by atoms with Crippen LogP contribution in [0.25, 0.3) is 0 Å². The van der Waals surface area contributed by atoms with Gasteiger partial charge in [0.15, 0.2) is 5.96 Å². The average Bonchev–Trinajstić information content (AvgIpc) is 2.51. The first-order chi connectivity index (χ1) is 10.6. The van der Waals surface area contributed by atoms with Gasteiger partial charge in [0.25, 0.3) is 0 Å². The molecule has 5 nitrogen and oxygen atoms in total. The highest BCUT2D eigenvalue weighted by Gasteiger charge is 2.03. The molecule has 1 amide bonds. The first kappa shape index (κ1) is 17.9. The van der Waals surface area contributed by atoms with Crippen LogP contribution in [0.5, 0.6) is 0 Å². The van der Waals surface area contributed by atoms with E-state index in [1.165, 1.54) is 6.07 Å². The van der Waals surface area contributed by atoms with E-state index in [0.717, 1.165) is 12.0 Å². The molecule has 0 fully saturated rings. The van der Waals surface area contributed by atoms with Crippen LogP contribution in [0.3, 0.4) is 0 Å². The molecule has 0 atom stereocenters. The van der Waals surface area contributed by atoms with Gasteiger partial charge in [0.05, 0.1) is 0 Å². The van der Waals surface area contributed by atoms with Gasteiger partial charge in [-0.15, -0.1) is 0 Å². The maximum absolute atomic E-state index is 13.5. The Balaban J connectivity index is 2.33. The largest absolute Gasteiger partial charge is 0.356 e. The van der Waals surface area contributed by atoms with E-state index < -0.39 is 0 Å². The average molecular weight is 308 g/mol. The Morgan fingerprint density at radius 2 is 2.00 bits per heavy atom. The molecular formula is C16H25FN4O. The molecule has 3 N–H and O–H groups in total. The minimum absolute atomic E-state index is 0.0189. The van der Waals surface area contributed by atoms with E-state index in [2.05, 4.69) is 20.9 Å². The summed E-state index contributed by atoms with van der Waals surface area (Å²) < 4.78 is 13.5.